The van der Waals surface area contributed by atoms with Crippen molar-refractivity contribution in [2.24, 2.45) is 4.99 Å². The Kier molecular flexibility index (Phi) is 7.66. The Morgan fingerprint density at radius 2 is 1.96 bits per heavy atom. The average Bonchev–Trinajstić information content (AvgIpc) is 2.55. The van der Waals surface area contributed by atoms with Gasteiger partial charge in [0.1, 0.15) is 12.3 Å². The molecule has 1 N–H and O–H groups in total. The second-order valence-electron chi connectivity index (χ2n) is 5.30. The molecule has 0 saturated heterocycles. The number of hydrogen-bond donors (Lipinski definition) is 1. The quantitative estimate of drug-likeness (QED) is 0.468. The standard InChI is InChI=1S/C17H26N4O2/c1-6-11-18-17(19-12-16(22)20(2)3)21(4)13-14-7-9-15(23-5)10-8-14/h6-10H,1,11-13H2,2-5H3,(H,18,19). The van der Waals surface area contributed by atoms with Crippen LogP contribution in [0.4, 0.5) is 0 Å². The van der Waals surface area contributed by atoms with Crippen molar-refractivity contribution < 1.29 is 9.53 Å². The number of nitrogens with one attached hydrogen (secondary N) is 1. The van der Waals surface area contributed by atoms with Gasteiger partial charge in [0, 0.05) is 34.2 Å². The van der Waals surface area contributed by atoms with Gasteiger partial charge in [0.2, 0.25) is 5.91 Å². The Morgan fingerprint density at radius 3 is 2.48 bits per heavy atom. The fourth-order valence-electron chi connectivity index (χ4n) is 1.84. The summed E-state index contributed by atoms with van der Waals surface area (Å²) >= 11 is 0. The summed E-state index contributed by atoms with van der Waals surface area (Å²) in [6.45, 7) is 5.06. The van der Waals surface area contributed by atoms with Crippen molar-refractivity contribution in [1.29, 1.82) is 0 Å². The smallest absolute Gasteiger partial charge is 0.243 e. The van der Waals surface area contributed by atoms with Gasteiger partial charge in [0.25, 0.3) is 0 Å². The number of hydrogen-bond acceptors (Lipinski definition) is 3. The number of rotatable bonds is 7. The molecule has 0 unspecified atom stereocenters. The lowest BCUT2D eigenvalue weighted by Gasteiger charge is -2.22. The normalized spacial score (nSPS) is 10.9. The highest BCUT2D eigenvalue weighted by atomic mass is 16.5. The van der Waals surface area contributed by atoms with Crippen LogP contribution < -0.4 is 10.1 Å². The summed E-state index contributed by atoms with van der Waals surface area (Å²) in [5.41, 5.74) is 1.13. The zero-order chi connectivity index (χ0) is 17.2. The molecule has 0 aliphatic heterocycles. The van der Waals surface area contributed by atoms with E-state index >= 15 is 0 Å². The van der Waals surface area contributed by atoms with E-state index < -0.39 is 0 Å². The zero-order valence-corrected chi connectivity index (χ0v) is 14.4. The lowest BCUT2D eigenvalue weighted by Crippen LogP contribution is -2.39. The van der Waals surface area contributed by atoms with Gasteiger partial charge >= 0.3 is 0 Å². The zero-order valence-electron chi connectivity index (χ0n) is 14.4. The minimum absolute atomic E-state index is 0.0410. The van der Waals surface area contributed by atoms with Gasteiger partial charge in [0.05, 0.1) is 7.11 Å². The number of guanidine groups is 1. The number of ether oxygens (including phenoxy) is 1. The molecule has 1 aromatic carbocycles. The molecule has 0 heterocycles. The van der Waals surface area contributed by atoms with Crippen LogP contribution in [0.15, 0.2) is 41.9 Å². The maximum Gasteiger partial charge on any atom is 0.243 e. The highest BCUT2D eigenvalue weighted by Crippen LogP contribution is 2.12. The number of nitrogens with zero attached hydrogens (tertiary/aromatic N) is 3. The van der Waals surface area contributed by atoms with E-state index in [0.717, 1.165) is 11.3 Å². The SMILES string of the molecule is C=CCNC(=NCC(=O)N(C)C)N(C)Cc1ccc(OC)cc1. The third kappa shape index (κ3) is 6.42. The van der Waals surface area contributed by atoms with Crippen molar-refractivity contribution in [2.75, 3.05) is 41.3 Å². The highest BCUT2D eigenvalue weighted by molar-refractivity contribution is 5.84. The Morgan fingerprint density at radius 1 is 1.30 bits per heavy atom. The Hall–Kier alpha value is -2.50. The van der Waals surface area contributed by atoms with Crippen molar-refractivity contribution in [1.82, 2.24) is 15.1 Å². The largest absolute Gasteiger partial charge is 0.497 e. The van der Waals surface area contributed by atoms with Crippen LogP contribution in [0.1, 0.15) is 5.56 Å². The molecular weight excluding hydrogens is 292 g/mol. The number of carbonyl (C=O) groups excluding carboxylic acids is 1. The minimum atomic E-state index is -0.0410. The second-order valence-corrected chi connectivity index (χ2v) is 5.30. The van der Waals surface area contributed by atoms with Gasteiger partial charge in [-0.15, -0.1) is 6.58 Å². The molecule has 0 aromatic heterocycles. The first-order chi connectivity index (χ1) is 11.0. The molecular formula is C17H26N4O2. The van der Waals surface area contributed by atoms with E-state index in [1.54, 1.807) is 27.3 Å². The summed E-state index contributed by atoms with van der Waals surface area (Å²) in [5.74, 6) is 1.45. The van der Waals surface area contributed by atoms with Crippen LogP contribution >= 0.6 is 0 Å². The van der Waals surface area contributed by atoms with Crippen molar-refractivity contribution in [2.45, 2.75) is 6.54 Å². The molecule has 6 heteroatoms. The molecule has 1 rings (SSSR count). The summed E-state index contributed by atoms with van der Waals surface area (Å²) in [5, 5.41) is 3.17. The molecule has 1 amide bonds. The minimum Gasteiger partial charge on any atom is -0.497 e. The van der Waals surface area contributed by atoms with E-state index in [1.165, 1.54) is 4.90 Å². The van der Waals surface area contributed by atoms with E-state index in [0.29, 0.717) is 19.0 Å². The first-order valence-corrected chi connectivity index (χ1v) is 7.41. The van der Waals surface area contributed by atoms with Gasteiger partial charge in [0.15, 0.2) is 5.96 Å². The molecule has 23 heavy (non-hydrogen) atoms. The number of likely N-dealkylation sites (N-methyl/N-ethyl adjacent to an activating group) is 1. The number of aliphatic imine (C=N–C) groups is 1. The molecule has 0 aliphatic rings. The lowest BCUT2D eigenvalue weighted by atomic mass is 10.2. The lowest BCUT2D eigenvalue weighted by molar-refractivity contribution is -0.127. The summed E-state index contributed by atoms with van der Waals surface area (Å²) < 4.78 is 5.16. The predicted molar refractivity (Wildman–Crippen MR) is 93.7 cm³/mol. The van der Waals surface area contributed by atoms with Crippen molar-refractivity contribution in [3.8, 4) is 5.75 Å². The topological polar surface area (TPSA) is 57.2 Å². The second kappa shape index (κ2) is 9.50. The fourth-order valence-corrected chi connectivity index (χ4v) is 1.84. The predicted octanol–water partition coefficient (Wildman–Crippen LogP) is 1.35. The molecule has 0 spiro atoms. The van der Waals surface area contributed by atoms with Gasteiger partial charge in [-0.2, -0.15) is 0 Å². The van der Waals surface area contributed by atoms with Crippen molar-refractivity contribution in [3.05, 3.63) is 42.5 Å². The van der Waals surface area contributed by atoms with E-state index in [-0.39, 0.29) is 12.5 Å². The fraction of sp³-hybridized carbons (Fsp3) is 0.412. The third-order valence-corrected chi connectivity index (χ3v) is 3.21. The number of carbonyl (C=O) groups is 1. The van der Waals surface area contributed by atoms with Gasteiger partial charge < -0.3 is 19.9 Å². The van der Waals surface area contributed by atoms with Crippen LogP contribution in [-0.4, -0.2) is 63.0 Å². The molecule has 0 aliphatic carbocycles. The van der Waals surface area contributed by atoms with E-state index in [4.69, 9.17) is 4.74 Å². The third-order valence-electron chi connectivity index (χ3n) is 3.21. The molecule has 0 atom stereocenters. The van der Waals surface area contributed by atoms with Crippen LogP contribution in [0, 0.1) is 0 Å². The van der Waals surface area contributed by atoms with Gasteiger partial charge in [-0.25, -0.2) is 4.99 Å². The molecule has 0 radical (unpaired) electrons. The number of methoxy groups -OCH3 is 1. The van der Waals surface area contributed by atoms with Gasteiger partial charge in [-0.05, 0) is 17.7 Å². The van der Waals surface area contributed by atoms with Gasteiger partial charge in [-0.1, -0.05) is 18.2 Å². The molecule has 1 aromatic rings. The van der Waals surface area contributed by atoms with Crippen LogP contribution in [0.3, 0.4) is 0 Å². The Labute approximate surface area is 138 Å². The van der Waals surface area contributed by atoms with Gasteiger partial charge in [-0.3, -0.25) is 4.79 Å². The molecule has 0 bridgehead atoms. The van der Waals surface area contributed by atoms with E-state index in [2.05, 4.69) is 16.9 Å². The van der Waals surface area contributed by atoms with E-state index in [1.807, 2.05) is 36.2 Å². The van der Waals surface area contributed by atoms with Crippen molar-refractivity contribution >= 4 is 11.9 Å². The maximum absolute atomic E-state index is 11.7. The first kappa shape index (κ1) is 18.5. The van der Waals surface area contributed by atoms with E-state index in [9.17, 15) is 4.79 Å². The van der Waals surface area contributed by atoms with Crippen LogP contribution in [0.2, 0.25) is 0 Å². The Balaban J connectivity index is 2.76. The maximum atomic E-state index is 11.7. The first-order valence-electron chi connectivity index (χ1n) is 7.41. The summed E-state index contributed by atoms with van der Waals surface area (Å²) in [4.78, 5) is 19.6. The summed E-state index contributed by atoms with van der Waals surface area (Å²) in [6, 6.07) is 7.86. The summed E-state index contributed by atoms with van der Waals surface area (Å²) in [6.07, 6.45) is 1.75. The Bertz CT molecular complexity index is 538. The van der Waals surface area contributed by atoms with Crippen molar-refractivity contribution in [3.63, 3.8) is 0 Å². The number of benzene rings is 1. The highest BCUT2D eigenvalue weighted by Gasteiger charge is 2.09. The van der Waals surface area contributed by atoms with Crippen LogP contribution in [0.25, 0.3) is 0 Å². The number of amides is 1. The molecule has 0 saturated carbocycles. The van der Waals surface area contributed by atoms with Crippen LogP contribution in [-0.2, 0) is 11.3 Å². The monoisotopic (exact) mass is 318 g/mol. The molecule has 0 fully saturated rings. The van der Waals surface area contributed by atoms with Crippen LogP contribution in [0.5, 0.6) is 5.75 Å². The molecule has 6 nitrogen and oxygen atoms in total. The average molecular weight is 318 g/mol. The molecule has 126 valence electrons. The summed E-state index contributed by atoms with van der Waals surface area (Å²) in [7, 11) is 7.01.